The van der Waals surface area contributed by atoms with Crippen molar-refractivity contribution in [2.45, 2.75) is 74.1 Å². The molecular weight excluding hydrogens is 663 g/mol. The third-order valence-corrected chi connectivity index (χ3v) is 11.5. The molecule has 0 atom stereocenters. The summed E-state index contributed by atoms with van der Waals surface area (Å²) in [5, 5.41) is 0. The lowest BCUT2D eigenvalue weighted by Gasteiger charge is -2.27. The van der Waals surface area contributed by atoms with Gasteiger partial charge in [0, 0.05) is 22.5 Å². The summed E-state index contributed by atoms with van der Waals surface area (Å²) in [6.45, 7) is 24.4. The lowest BCUT2D eigenvalue weighted by atomic mass is 9.81. The summed E-state index contributed by atoms with van der Waals surface area (Å²) in [4.78, 5) is 2.35. The van der Waals surface area contributed by atoms with Crippen molar-refractivity contribution < 1.29 is 0 Å². The second-order valence-corrected chi connectivity index (χ2v) is 16.4. The Balaban J connectivity index is 1.28. The quantitative estimate of drug-likeness (QED) is 0.123. The molecule has 5 aromatic carbocycles. The first kappa shape index (κ1) is 39.0. The predicted octanol–water partition coefficient (Wildman–Crippen LogP) is 15.9. The van der Waals surface area contributed by atoms with Crippen molar-refractivity contribution in [3.8, 4) is 33.4 Å². The molecule has 0 aromatic heterocycles. The van der Waals surface area contributed by atoms with E-state index in [2.05, 4.69) is 232 Å². The van der Waals surface area contributed by atoms with Gasteiger partial charge in [-0.3, -0.25) is 0 Å². The number of nitrogens with zero attached hydrogens (tertiary/aromatic N) is 1. The standard InChI is InChI=1S/C54H57N/c1-11-48(22-18-13-12-15-19-38(2)40(4)53(6,7)8)55(49-32-27-45(28-33-49)44-25-23-43(24-26-44)42-20-16-14-17-21-42)50-34-29-46(30-35-50)47-31-36-51-39(3)41(5)54(9,10)52(51)37-47/h11-12,14-37H,4,13H2,1-3,5-10H3/b15-12+,22-18-,38-19-,48-11+. The highest BCUT2D eigenvalue weighted by Gasteiger charge is 2.33. The van der Waals surface area contributed by atoms with Gasteiger partial charge in [-0.05, 0) is 137 Å². The van der Waals surface area contributed by atoms with Crippen LogP contribution in [0.3, 0.4) is 0 Å². The first-order valence-corrected chi connectivity index (χ1v) is 19.6. The Kier molecular flexibility index (Phi) is 11.6. The van der Waals surface area contributed by atoms with Gasteiger partial charge in [-0.1, -0.05) is 168 Å². The molecule has 5 aromatic rings. The van der Waals surface area contributed by atoms with Crippen LogP contribution in [0.4, 0.5) is 11.4 Å². The molecule has 0 amide bonds. The molecule has 1 nitrogen and oxygen atoms in total. The van der Waals surface area contributed by atoms with Gasteiger partial charge in [0.15, 0.2) is 0 Å². The van der Waals surface area contributed by atoms with Crippen LogP contribution in [0, 0.1) is 5.41 Å². The number of hydrogen-bond donors (Lipinski definition) is 0. The van der Waals surface area contributed by atoms with Crippen molar-refractivity contribution in [1.29, 1.82) is 0 Å². The van der Waals surface area contributed by atoms with Gasteiger partial charge >= 0.3 is 0 Å². The normalized spacial score (nSPS) is 14.6. The molecule has 6 rings (SSSR count). The summed E-state index contributed by atoms with van der Waals surface area (Å²) in [6, 6.07) is 44.4. The van der Waals surface area contributed by atoms with E-state index < -0.39 is 0 Å². The minimum Gasteiger partial charge on any atom is -0.311 e. The molecule has 278 valence electrons. The highest BCUT2D eigenvalue weighted by Crippen LogP contribution is 2.47. The molecule has 0 spiro atoms. The smallest absolute Gasteiger partial charge is 0.0461 e. The lowest BCUT2D eigenvalue weighted by Crippen LogP contribution is -2.15. The van der Waals surface area contributed by atoms with E-state index in [0.717, 1.165) is 23.5 Å². The molecule has 0 saturated heterocycles. The van der Waals surface area contributed by atoms with Crippen LogP contribution in [0.2, 0.25) is 0 Å². The number of fused-ring (bicyclic) bond motifs is 1. The molecule has 0 N–H and O–H groups in total. The zero-order chi connectivity index (χ0) is 39.3. The third-order valence-electron chi connectivity index (χ3n) is 11.5. The molecule has 0 saturated carbocycles. The maximum Gasteiger partial charge on any atom is 0.0461 e. The molecule has 1 heteroatoms. The topological polar surface area (TPSA) is 3.24 Å². The molecular formula is C54H57N. The van der Waals surface area contributed by atoms with Gasteiger partial charge in [-0.2, -0.15) is 0 Å². The Morgan fingerprint density at radius 3 is 1.69 bits per heavy atom. The molecule has 1 aliphatic carbocycles. The maximum atomic E-state index is 4.31. The fraction of sp³-hybridized carbons (Fsp3) is 0.222. The van der Waals surface area contributed by atoms with E-state index in [1.165, 1.54) is 66.8 Å². The minimum absolute atomic E-state index is 0.0424. The maximum absolute atomic E-state index is 4.31. The van der Waals surface area contributed by atoms with Gasteiger partial charge in [0.1, 0.15) is 0 Å². The Morgan fingerprint density at radius 2 is 1.16 bits per heavy atom. The molecule has 1 aliphatic rings. The molecule has 0 bridgehead atoms. The molecule has 0 aliphatic heterocycles. The summed E-state index contributed by atoms with van der Waals surface area (Å²) in [6.07, 6.45) is 14.0. The fourth-order valence-corrected chi connectivity index (χ4v) is 7.53. The molecule has 55 heavy (non-hydrogen) atoms. The summed E-state index contributed by atoms with van der Waals surface area (Å²) in [7, 11) is 0. The van der Waals surface area contributed by atoms with Crippen LogP contribution >= 0.6 is 0 Å². The summed E-state index contributed by atoms with van der Waals surface area (Å²) in [5.74, 6) is 0. The van der Waals surface area contributed by atoms with Crippen molar-refractivity contribution in [3.63, 3.8) is 0 Å². The second kappa shape index (κ2) is 16.4. The number of allylic oxidation sites excluding steroid dienone is 10. The Hall–Kier alpha value is -5.66. The van der Waals surface area contributed by atoms with E-state index >= 15 is 0 Å². The van der Waals surface area contributed by atoms with Crippen LogP contribution < -0.4 is 4.90 Å². The van der Waals surface area contributed by atoms with Crippen molar-refractivity contribution in [3.05, 3.63) is 198 Å². The van der Waals surface area contributed by atoms with Crippen LogP contribution in [0.25, 0.3) is 39.0 Å². The minimum atomic E-state index is 0.0424. The summed E-state index contributed by atoms with van der Waals surface area (Å²) < 4.78 is 0. The molecule has 0 fully saturated rings. The number of rotatable bonds is 11. The monoisotopic (exact) mass is 719 g/mol. The Morgan fingerprint density at radius 1 is 0.673 bits per heavy atom. The number of hydrogen-bond acceptors (Lipinski definition) is 1. The zero-order valence-electron chi connectivity index (χ0n) is 34.4. The average molecular weight is 720 g/mol. The highest BCUT2D eigenvalue weighted by molar-refractivity contribution is 5.82. The van der Waals surface area contributed by atoms with Crippen LogP contribution in [-0.4, -0.2) is 0 Å². The first-order chi connectivity index (χ1) is 26.3. The average Bonchev–Trinajstić information content (AvgIpc) is 3.37. The fourth-order valence-electron chi connectivity index (χ4n) is 7.53. The van der Waals surface area contributed by atoms with Crippen LogP contribution in [-0.2, 0) is 5.41 Å². The van der Waals surface area contributed by atoms with E-state index in [1.54, 1.807) is 0 Å². The molecule has 0 heterocycles. The van der Waals surface area contributed by atoms with Crippen molar-refractivity contribution >= 4 is 16.9 Å². The Labute approximate surface area is 331 Å². The van der Waals surface area contributed by atoms with E-state index in [4.69, 9.17) is 0 Å². The van der Waals surface area contributed by atoms with E-state index in [9.17, 15) is 0 Å². The van der Waals surface area contributed by atoms with Crippen molar-refractivity contribution in [1.82, 2.24) is 0 Å². The summed E-state index contributed by atoms with van der Waals surface area (Å²) in [5.41, 5.74) is 18.8. The SMILES string of the molecule is C=C(/C(C)=C\C=C\C/C=C\C(=C/C)N(c1ccc(-c2ccc(-c3ccccc3)cc2)cc1)c1ccc(-c2ccc3c(c2)C(C)(C)C(C)=C3C)cc1)C(C)(C)C. The van der Waals surface area contributed by atoms with Crippen LogP contribution in [0.15, 0.2) is 187 Å². The number of benzene rings is 5. The van der Waals surface area contributed by atoms with E-state index in [-0.39, 0.29) is 10.8 Å². The van der Waals surface area contributed by atoms with Gasteiger partial charge in [0.05, 0.1) is 0 Å². The first-order valence-electron chi connectivity index (χ1n) is 19.6. The Bertz CT molecular complexity index is 2290. The summed E-state index contributed by atoms with van der Waals surface area (Å²) >= 11 is 0. The number of anilines is 2. The third kappa shape index (κ3) is 8.53. The van der Waals surface area contributed by atoms with Crippen LogP contribution in [0.1, 0.15) is 79.9 Å². The molecule has 0 unspecified atom stereocenters. The second-order valence-electron chi connectivity index (χ2n) is 16.4. The zero-order valence-corrected chi connectivity index (χ0v) is 34.4. The van der Waals surface area contributed by atoms with Crippen molar-refractivity contribution in [2.75, 3.05) is 4.90 Å². The van der Waals surface area contributed by atoms with Gasteiger partial charge < -0.3 is 4.90 Å². The van der Waals surface area contributed by atoms with Crippen molar-refractivity contribution in [2.24, 2.45) is 5.41 Å². The largest absolute Gasteiger partial charge is 0.311 e. The van der Waals surface area contributed by atoms with Gasteiger partial charge in [0.25, 0.3) is 0 Å². The van der Waals surface area contributed by atoms with Gasteiger partial charge in [-0.25, -0.2) is 0 Å². The van der Waals surface area contributed by atoms with Gasteiger partial charge in [0.2, 0.25) is 0 Å². The van der Waals surface area contributed by atoms with Crippen LogP contribution in [0.5, 0.6) is 0 Å². The predicted molar refractivity (Wildman–Crippen MR) is 242 cm³/mol. The van der Waals surface area contributed by atoms with E-state index in [0.29, 0.717) is 0 Å². The lowest BCUT2D eigenvalue weighted by molar-refractivity contribution is 0.512. The van der Waals surface area contributed by atoms with E-state index in [1.807, 2.05) is 0 Å². The van der Waals surface area contributed by atoms with Gasteiger partial charge in [-0.15, -0.1) is 0 Å². The molecule has 0 radical (unpaired) electrons. The highest BCUT2D eigenvalue weighted by atomic mass is 15.1.